The molecule has 1 aromatic carbocycles. The van der Waals surface area contributed by atoms with Crippen LogP contribution >= 0.6 is 0 Å². The van der Waals surface area contributed by atoms with Crippen molar-refractivity contribution in [2.24, 2.45) is 5.92 Å². The highest BCUT2D eigenvalue weighted by Crippen LogP contribution is 2.45. The molecule has 0 spiro atoms. The zero-order chi connectivity index (χ0) is 12.7. The number of amides is 1. The third-order valence-electron chi connectivity index (χ3n) is 4.06. The third-order valence-corrected chi connectivity index (χ3v) is 4.06. The van der Waals surface area contributed by atoms with Gasteiger partial charge in [0.05, 0.1) is 12.8 Å². The van der Waals surface area contributed by atoms with Crippen LogP contribution in [0, 0.1) is 5.92 Å². The number of nitrogens with zero attached hydrogens (tertiary/aromatic N) is 1. The SMILES string of the molecule is COc1cccc2c1N(C(C)=O)CC1CNCC21. The van der Waals surface area contributed by atoms with E-state index in [-0.39, 0.29) is 5.91 Å². The van der Waals surface area contributed by atoms with Gasteiger partial charge in [0.15, 0.2) is 0 Å². The van der Waals surface area contributed by atoms with E-state index in [0.29, 0.717) is 11.8 Å². The first kappa shape index (κ1) is 11.5. The van der Waals surface area contributed by atoms with Crippen molar-refractivity contribution in [3.63, 3.8) is 0 Å². The molecule has 0 aliphatic carbocycles. The van der Waals surface area contributed by atoms with Crippen LogP contribution in [0.4, 0.5) is 5.69 Å². The monoisotopic (exact) mass is 246 g/mol. The van der Waals surface area contributed by atoms with Gasteiger partial charge >= 0.3 is 0 Å². The summed E-state index contributed by atoms with van der Waals surface area (Å²) < 4.78 is 5.43. The Balaban J connectivity index is 2.15. The summed E-state index contributed by atoms with van der Waals surface area (Å²) in [5.41, 5.74) is 2.21. The molecule has 96 valence electrons. The van der Waals surface area contributed by atoms with Gasteiger partial charge in [0, 0.05) is 32.5 Å². The molecule has 2 unspecified atom stereocenters. The fraction of sp³-hybridized carbons (Fsp3) is 0.500. The van der Waals surface area contributed by atoms with Gasteiger partial charge in [-0.15, -0.1) is 0 Å². The Bertz CT molecular complexity index is 487. The van der Waals surface area contributed by atoms with Crippen LogP contribution in [0.3, 0.4) is 0 Å². The number of benzene rings is 1. The van der Waals surface area contributed by atoms with Crippen molar-refractivity contribution in [3.05, 3.63) is 23.8 Å². The molecule has 4 nitrogen and oxygen atoms in total. The van der Waals surface area contributed by atoms with Crippen LogP contribution in [0.2, 0.25) is 0 Å². The molecular weight excluding hydrogens is 228 g/mol. The van der Waals surface area contributed by atoms with Gasteiger partial charge in [0.2, 0.25) is 5.91 Å². The lowest BCUT2D eigenvalue weighted by atomic mass is 9.83. The van der Waals surface area contributed by atoms with Crippen LogP contribution in [0.1, 0.15) is 18.4 Å². The summed E-state index contributed by atoms with van der Waals surface area (Å²) in [6.45, 7) is 4.40. The van der Waals surface area contributed by atoms with E-state index in [4.69, 9.17) is 4.74 Å². The Morgan fingerprint density at radius 1 is 1.44 bits per heavy atom. The van der Waals surface area contributed by atoms with E-state index in [0.717, 1.165) is 31.1 Å². The molecule has 18 heavy (non-hydrogen) atoms. The number of fused-ring (bicyclic) bond motifs is 3. The van der Waals surface area contributed by atoms with Crippen LogP contribution in [0.15, 0.2) is 18.2 Å². The van der Waals surface area contributed by atoms with Crippen molar-refractivity contribution in [2.45, 2.75) is 12.8 Å². The molecule has 0 radical (unpaired) electrons. The van der Waals surface area contributed by atoms with Crippen molar-refractivity contribution in [1.82, 2.24) is 5.32 Å². The van der Waals surface area contributed by atoms with Gasteiger partial charge < -0.3 is 15.0 Å². The maximum Gasteiger partial charge on any atom is 0.223 e. The molecule has 4 heteroatoms. The van der Waals surface area contributed by atoms with Crippen LogP contribution in [-0.4, -0.2) is 32.7 Å². The Hall–Kier alpha value is -1.55. The van der Waals surface area contributed by atoms with Crippen molar-refractivity contribution < 1.29 is 9.53 Å². The molecule has 1 amide bonds. The van der Waals surface area contributed by atoms with Crippen LogP contribution in [0.25, 0.3) is 0 Å². The average molecular weight is 246 g/mol. The molecule has 2 aliphatic rings. The van der Waals surface area contributed by atoms with Crippen LogP contribution in [-0.2, 0) is 4.79 Å². The first-order valence-electron chi connectivity index (χ1n) is 6.38. The summed E-state index contributed by atoms with van der Waals surface area (Å²) in [4.78, 5) is 13.7. The first-order valence-corrected chi connectivity index (χ1v) is 6.38. The highest BCUT2D eigenvalue weighted by Gasteiger charge is 2.39. The van der Waals surface area contributed by atoms with E-state index in [9.17, 15) is 4.79 Å². The van der Waals surface area contributed by atoms with Crippen molar-refractivity contribution >= 4 is 11.6 Å². The Kier molecular flexibility index (Phi) is 2.74. The van der Waals surface area contributed by atoms with E-state index in [1.807, 2.05) is 17.0 Å². The van der Waals surface area contributed by atoms with Crippen molar-refractivity contribution in [3.8, 4) is 5.75 Å². The van der Waals surface area contributed by atoms with Crippen molar-refractivity contribution in [2.75, 3.05) is 31.6 Å². The molecule has 1 fully saturated rings. The zero-order valence-corrected chi connectivity index (χ0v) is 10.8. The van der Waals surface area contributed by atoms with E-state index in [1.165, 1.54) is 5.56 Å². The summed E-state index contributed by atoms with van der Waals surface area (Å²) in [7, 11) is 1.66. The number of carbonyl (C=O) groups is 1. The Morgan fingerprint density at radius 2 is 2.28 bits per heavy atom. The van der Waals surface area contributed by atoms with Crippen LogP contribution in [0.5, 0.6) is 5.75 Å². The number of hydrogen-bond donors (Lipinski definition) is 1. The second-order valence-corrected chi connectivity index (χ2v) is 5.05. The predicted octanol–water partition coefficient (Wildman–Crippen LogP) is 1.36. The Labute approximate surface area is 107 Å². The number of carbonyl (C=O) groups excluding carboxylic acids is 1. The quantitative estimate of drug-likeness (QED) is 0.813. The summed E-state index contributed by atoms with van der Waals surface area (Å²) in [5.74, 6) is 1.92. The zero-order valence-electron chi connectivity index (χ0n) is 10.8. The second-order valence-electron chi connectivity index (χ2n) is 5.05. The fourth-order valence-electron chi connectivity index (χ4n) is 3.19. The number of para-hydroxylation sites is 1. The normalized spacial score (nSPS) is 25.6. The molecule has 2 aliphatic heterocycles. The van der Waals surface area contributed by atoms with Crippen LogP contribution < -0.4 is 15.0 Å². The number of ether oxygens (including phenoxy) is 1. The number of hydrogen-bond acceptors (Lipinski definition) is 3. The molecule has 2 atom stereocenters. The van der Waals surface area contributed by atoms with Gasteiger partial charge in [-0.05, 0) is 17.5 Å². The molecule has 0 aromatic heterocycles. The van der Waals surface area contributed by atoms with Gasteiger partial charge in [-0.2, -0.15) is 0 Å². The van der Waals surface area contributed by atoms with Crippen molar-refractivity contribution in [1.29, 1.82) is 0 Å². The summed E-state index contributed by atoms with van der Waals surface area (Å²) in [6.07, 6.45) is 0. The predicted molar refractivity (Wildman–Crippen MR) is 70.1 cm³/mol. The van der Waals surface area contributed by atoms with E-state index in [1.54, 1.807) is 14.0 Å². The van der Waals surface area contributed by atoms with Gasteiger partial charge in [-0.3, -0.25) is 4.79 Å². The highest BCUT2D eigenvalue weighted by molar-refractivity contribution is 5.95. The highest BCUT2D eigenvalue weighted by atomic mass is 16.5. The standard InChI is InChI=1S/C14H18N2O2/c1-9(17)16-8-10-6-15-7-12(10)11-4-3-5-13(18-2)14(11)16/h3-5,10,12,15H,6-8H2,1-2H3. The van der Waals surface area contributed by atoms with E-state index in [2.05, 4.69) is 11.4 Å². The molecule has 1 aromatic rings. The number of rotatable bonds is 1. The second kappa shape index (κ2) is 4.28. The minimum Gasteiger partial charge on any atom is -0.495 e. The molecule has 3 rings (SSSR count). The molecule has 1 saturated heterocycles. The molecule has 2 heterocycles. The van der Waals surface area contributed by atoms with Gasteiger partial charge in [0.1, 0.15) is 5.75 Å². The fourth-order valence-corrected chi connectivity index (χ4v) is 3.19. The van der Waals surface area contributed by atoms with Gasteiger partial charge in [-0.1, -0.05) is 12.1 Å². The summed E-state index contributed by atoms with van der Waals surface area (Å²) in [6, 6.07) is 6.06. The smallest absolute Gasteiger partial charge is 0.223 e. The molecule has 0 saturated carbocycles. The number of anilines is 1. The maximum atomic E-state index is 11.9. The third kappa shape index (κ3) is 1.60. The van der Waals surface area contributed by atoms with E-state index >= 15 is 0 Å². The lowest BCUT2D eigenvalue weighted by Gasteiger charge is -2.36. The minimum absolute atomic E-state index is 0.0890. The van der Waals surface area contributed by atoms with E-state index < -0.39 is 0 Å². The van der Waals surface area contributed by atoms with Gasteiger partial charge in [0.25, 0.3) is 0 Å². The molecule has 1 N–H and O–H groups in total. The molecular formula is C14H18N2O2. The summed E-state index contributed by atoms with van der Waals surface area (Å²) in [5, 5.41) is 3.42. The van der Waals surface area contributed by atoms with Gasteiger partial charge in [-0.25, -0.2) is 0 Å². The topological polar surface area (TPSA) is 41.6 Å². The lowest BCUT2D eigenvalue weighted by Crippen LogP contribution is -2.40. The average Bonchev–Trinajstić information content (AvgIpc) is 2.85. The largest absolute Gasteiger partial charge is 0.495 e. The minimum atomic E-state index is 0.0890. The number of nitrogens with one attached hydrogen (secondary N) is 1. The summed E-state index contributed by atoms with van der Waals surface area (Å²) >= 11 is 0. The lowest BCUT2D eigenvalue weighted by molar-refractivity contribution is -0.116. The maximum absolute atomic E-state index is 11.9. The molecule has 0 bridgehead atoms. The Morgan fingerprint density at radius 3 is 3.00 bits per heavy atom. The number of methoxy groups -OCH3 is 1. The first-order chi connectivity index (χ1) is 8.72.